The standard InChI is InChI=1S/C33H29Cl2N3O2.C29H28ClN3O.C26H22BrN3O.C26H24ClN3O/c1-2-28(22-40-21-23-10-5-3-6-11-23)37-33(39)29-20-36-38(31-17-16-27(34)19-30(31)35)32(29)26-15-9-14-25(18-26)24-12-7-4-8-13-24;30-25-12-7-13-26(18-25)33-28(24-16-14-23(15-17-24)22-10-5-2-6-11-22)27(20-32-33)29(34)31-19-21-8-3-1-4-9-21;27-22-7-4-8-23(15-22)30-25(24(17-29-30)26(31)28-16-18-9-10-18)21-13-11-20(12-14-21)19-5-2-1-3-6-19;1-2-3-16-28-26(31)24-18-29-30(23-11-7-10-22(27)17-23)25(24)21-14-12-20(13-15-21)19-8-5-4-6-9-19/h3-20,28H,2,21-22H2,1H3,(H,37,39);2,5-7,10-18,20-21H,1,3-4,8-9,19H2,(H,31,34);1-8,11-15,17-18H,9-10,16H2,(H,28,31);4-15,17-18H,2-3,16H2,1H3,(H,28,31)/t28-;;;/m1.../s1. The van der Waals surface area contributed by atoms with E-state index < -0.39 is 0 Å². The van der Waals surface area contributed by atoms with Gasteiger partial charge in [0.1, 0.15) is 0 Å². The van der Waals surface area contributed by atoms with Crippen LogP contribution in [0.2, 0.25) is 20.1 Å². The van der Waals surface area contributed by atoms with Crippen molar-refractivity contribution in [1.82, 2.24) is 60.4 Å². The van der Waals surface area contributed by atoms with Crippen molar-refractivity contribution in [2.75, 3.05) is 26.2 Å². The molecule has 4 N–H and O–H groups in total. The molecule has 13 aromatic carbocycles. The van der Waals surface area contributed by atoms with E-state index in [1.807, 2.05) is 218 Å². The lowest BCUT2D eigenvalue weighted by Crippen LogP contribution is -2.37. The number of nitrogens with zero attached hydrogens (tertiary/aromatic N) is 8. The maximum Gasteiger partial charge on any atom is 0.255 e. The van der Waals surface area contributed by atoms with Crippen LogP contribution in [-0.2, 0) is 11.3 Å². The maximum atomic E-state index is 13.7. The van der Waals surface area contributed by atoms with Crippen LogP contribution in [0.25, 0.3) is 112 Å². The summed E-state index contributed by atoms with van der Waals surface area (Å²) in [7, 11) is 0. The Hall–Kier alpha value is -13.8. The van der Waals surface area contributed by atoms with Crippen molar-refractivity contribution in [1.29, 1.82) is 0 Å². The van der Waals surface area contributed by atoms with E-state index in [0.29, 0.717) is 91.9 Å². The number of amides is 4. The van der Waals surface area contributed by atoms with Gasteiger partial charge in [-0.2, -0.15) is 20.4 Å². The predicted octanol–water partition coefficient (Wildman–Crippen LogP) is 27.9. The SMILES string of the molecule is CCCCNC(=O)c1cnn(-c2cccc(Cl)c2)c1-c1ccc(-c2ccccc2)cc1.CC[C@H](COCc1ccccc1)NC(=O)c1cnn(-c2ccc(Cl)cc2Cl)c1-c1cccc(-c2ccccc2)c1.O=C(NCC1CC1)c1cnn(-c2cccc(Br)c2)c1-c1ccc(-c2ccccc2)cc1.O=C(NCC1CCCCC1)c1cnn(-c2cccc(Cl)c2)c1-c1ccc(-c2ccccc2)cc1. The molecule has 0 unspecified atom stereocenters. The van der Waals surface area contributed by atoms with E-state index >= 15 is 0 Å². The second-order valence-corrected chi connectivity index (χ2v) is 36.3. The van der Waals surface area contributed by atoms with Gasteiger partial charge in [-0.3, -0.25) is 19.2 Å². The molecule has 1 atom stereocenters. The van der Waals surface area contributed by atoms with Crippen LogP contribution in [0.1, 0.15) is 125 Å². The van der Waals surface area contributed by atoms with E-state index in [9.17, 15) is 19.2 Å². The van der Waals surface area contributed by atoms with Gasteiger partial charge in [0.2, 0.25) is 0 Å². The third kappa shape index (κ3) is 24.6. The zero-order valence-electron chi connectivity index (χ0n) is 75.5. The Balaban J connectivity index is 0.000000132. The fraction of sp³-hybridized carbons (Fsp3) is 0.175. The number of hydrogen-bond acceptors (Lipinski definition) is 9. The molecule has 4 heterocycles. The van der Waals surface area contributed by atoms with Crippen LogP contribution in [0.5, 0.6) is 0 Å². The van der Waals surface area contributed by atoms with Crippen molar-refractivity contribution in [3.8, 4) is 112 Å². The van der Waals surface area contributed by atoms with Crippen molar-refractivity contribution in [3.05, 3.63) is 417 Å². The number of nitrogens with one attached hydrogen (secondary N) is 4. The second-order valence-electron chi connectivity index (χ2n) is 33.6. The van der Waals surface area contributed by atoms with Crippen LogP contribution in [0.4, 0.5) is 0 Å². The molecule has 22 heteroatoms. The topological polar surface area (TPSA) is 197 Å². The van der Waals surface area contributed by atoms with E-state index in [0.717, 1.165) is 137 Å². The molecule has 4 aromatic heterocycles. The molecule has 19 rings (SSSR count). The lowest BCUT2D eigenvalue weighted by atomic mass is 9.89. The van der Waals surface area contributed by atoms with E-state index in [4.69, 9.17) is 51.1 Å². The van der Waals surface area contributed by atoms with E-state index in [1.54, 1.807) is 57.0 Å². The molecule has 136 heavy (non-hydrogen) atoms. The van der Waals surface area contributed by atoms with Gasteiger partial charge in [-0.15, -0.1) is 0 Å². The maximum absolute atomic E-state index is 13.7. The summed E-state index contributed by atoms with van der Waals surface area (Å²) in [6.45, 7) is 7.09. The lowest BCUT2D eigenvalue weighted by Gasteiger charge is -2.21. The minimum atomic E-state index is -0.230. The highest BCUT2D eigenvalue weighted by Crippen LogP contribution is 2.39. The summed E-state index contributed by atoms with van der Waals surface area (Å²) in [6, 6.07) is 112. The number of carbonyl (C=O) groups is 4. The summed E-state index contributed by atoms with van der Waals surface area (Å²) in [5, 5.41) is 32.9. The molecule has 0 spiro atoms. The number of rotatable bonds is 29. The highest BCUT2D eigenvalue weighted by molar-refractivity contribution is 9.10. The Bertz CT molecular complexity index is 6870. The minimum absolute atomic E-state index is 0.0738. The van der Waals surface area contributed by atoms with Gasteiger partial charge in [0.15, 0.2) is 0 Å². The van der Waals surface area contributed by atoms with Crippen LogP contribution in [0, 0.1) is 11.8 Å². The molecular weight excluding hydrogens is 1840 g/mol. The third-order valence-electron chi connectivity index (χ3n) is 24.0. The molecule has 17 nitrogen and oxygen atoms in total. The average molecular weight is 1940 g/mol. The minimum Gasteiger partial charge on any atom is -0.375 e. The van der Waals surface area contributed by atoms with Gasteiger partial charge in [-0.05, 0) is 179 Å². The lowest BCUT2D eigenvalue weighted by molar-refractivity contribution is 0.0792. The van der Waals surface area contributed by atoms with Crippen LogP contribution >= 0.6 is 62.3 Å². The first-order chi connectivity index (χ1) is 66.6. The molecule has 2 saturated carbocycles. The van der Waals surface area contributed by atoms with Gasteiger partial charge in [-0.25, -0.2) is 18.7 Å². The molecule has 0 aliphatic heterocycles. The fourth-order valence-electron chi connectivity index (χ4n) is 16.5. The van der Waals surface area contributed by atoms with Crippen molar-refractivity contribution >= 4 is 86.0 Å². The van der Waals surface area contributed by atoms with Gasteiger partial charge >= 0.3 is 0 Å². The number of hydrogen-bond donors (Lipinski definition) is 4. The molecule has 17 aromatic rings. The summed E-state index contributed by atoms with van der Waals surface area (Å²) in [4.78, 5) is 52.9. The van der Waals surface area contributed by atoms with Gasteiger partial charge in [0, 0.05) is 61.4 Å². The summed E-state index contributed by atoms with van der Waals surface area (Å²) in [5.41, 5.74) is 21.9. The molecule has 0 bridgehead atoms. The number of unbranched alkanes of at least 4 members (excludes halogenated alkanes) is 1. The number of benzene rings is 13. The summed E-state index contributed by atoms with van der Waals surface area (Å²) in [5.74, 6) is 0.679. The highest BCUT2D eigenvalue weighted by atomic mass is 79.9. The highest BCUT2D eigenvalue weighted by Gasteiger charge is 2.29. The predicted molar refractivity (Wildman–Crippen MR) is 554 cm³/mol. The fourth-order valence-corrected chi connectivity index (χ4v) is 17.8. The average Bonchev–Trinajstić information content (AvgIpc) is 2.12. The molecule has 2 aliphatic rings. The molecule has 2 fully saturated rings. The molecule has 0 radical (unpaired) electrons. The van der Waals surface area contributed by atoms with E-state index in [1.165, 1.54) is 44.9 Å². The van der Waals surface area contributed by atoms with Crippen LogP contribution < -0.4 is 21.3 Å². The third-order valence-corrected chi connectivity index (χ3v) is 25.5. The largest absolute Gasteiger partial charge is 0.375 e. The van der Waals surface area contributed by atoms with Crippen molar-refractivity contribution in [2.24, 2.45) is 11.8 Å². The first-order valence-corrected chi connectivity index (χ1v) is 48.3. The Morgan fingerprint density at radius 3 is 1.16 bits per heavy atom. The summed E-state index contributed by atoms with van der Waals surface area (Å²) >= 11 is 28.8. The smallest absolute Gasteiger partial charge is 0.255 e. The Morgan fingerprint density at radius 1 is 0.360 bits per heavy atom. The number of halogens is 5. The number of aromatic nitrogens is 8. The van der Waals surface area contributed by atoms with E-state index in [2.05, 4.69) is 180 Å². The summed E-state index contributed by atoms with van der Waals surface area (Å²) < 4.78 is 14.0. The second kappa shape index (κ2) is 46.9. The van der Waals surface area contributed by atoms with Crippen molar-refractivity contribution < 1.29 is 23.9 Å². The summed E-state index contributed by atoms with van der Waals surface area (Å²) in [6.07, 6.45) is 17.8. The molecular formula is C114H103BrCl4N12O5. The van der Waals surface area contributed by atoms with Gasteiger partial charge in [0.25, 0.3) is 23.6 Å². The zero-order valence-corrected chi connectivity index (χ0v) is 80.1. The molecule has 4 amide bonds. The number of carbonyl (C=O) groups excluding carboxylic acids is 4. The number of ether oxygens (including phenoxy) is 1. The molecule has 0 saturated heterocycles. The van der Waals surface area contributed by atoms with Crippen LogP contribution in [-0.4, -0.2) is 95.0 Å². The first kappa shape index (κ1) is 95.3. The Labute approximate surface area is 822 Å². The van der Waals surface area contributed by atoms with Crippen molar-refractivity contribution in [3.63, 3.8) is 0 Å². The Morgan fingerprint density at radius 2 is 0.728 bits per heavy atom. The van der Waals surface area contributed by atoms with E-state index in [-0.39, 0.29) is 29.7 Å². The molecule has 684 valence electrons. The normalized spacial score (nSPS) is 12.5. The van der Waals surface area contributed by atoms with Gasteiger partial charge in [0.05, 0.1) is 117 Å². The van der Waals surface area contributed by atoms with Gasteiger partial charge in [-0.1, -0.05) is 363 Å². The monoisotopic (exact) mass is 1940 g/mol. The first-order valence-electron chi connectivity index (χ1n) is 46.0. The van der Waals surface area contributed by atoms with Crippen LogP contribution in [0.3, 0.4) is 0 Å². The van der Waals surface area contributed by atoms with Crippen molar-refractivity contribution in [2.45, 2.75) is 90.7 Å². The van der Waals surface area contributed by atoms with Crippen LogP contribution in [0.15, 0.2) is 369 Å². The molecule has 2 aliphatic carbocycles. The Kier molecular flexibility index (Phi) is 32.9. The quantitative estimate of drug-likeness (QED) is 0.0330. The zero-order chi connectivity index (χ0) is 94.1. The van der Waals surface area contributed by atoms with Gasteiger partial charge < -0.3 is 26.0 Å².